The van der Waals surface area contributed by atoms with Crippen molar-refractivity contribution in [2.75, 3.05) is 6.54 Å². The molecule has 1 amide bonds. The first kappa shape index (κ1) is 20.7. The number of amides is 1. The number of sulfonamides is 1. The second-order valence-electron chi connectivity index (χ2n) is 6.21. The summed E-state index contributed by atoms with van der Waals surface area (Å²) >= 11 is 5.88. The molecule has 0 saturated carbocycles. The molecule has 1 saturated heterocycles. The van der Waals surface area contributed by atoms with Crippen molar-refractivity contribution in [1.29, 1.82) is 0 Å². The molecule has 0 spiro atoms. The molecule has 1 aliphatic heterocycles. The molecule has 1 aliphatic rings. The number of hydrogen-bond acceptors (Lipinski definition) is 4. The highest BCUT2D eigenvalue weighted by molar-refractivity contribution is 7.89. The molecule has 1 aromatic carbocycles. The summed E-state index contributed by atoms with van der Waals surface area (Å²) in [5.74, 6) is -0.0674. The summed E-state index contributed by atoms with van der Waals surface area (Å²) in [7, 11) is -4.40. The zero-order valence-corrected chi connectivity index (χ0v) is 15.9. The predicted octanol–water partition coefficient (Wildman–Crippen LogP) is 3.42. The molecule has 0 bridgehead atoms. The van der Waals surface area contributed by atoms with Gasteiger partial charge in [-0.1, -0.05) is 11.6 Å². The fourth-order valence-electron chi connectivity index (χ4n) is 3.00. The monoisotopic (exact) mass is 436 g/mol. The number of nitrogens with one attached hydrogen (secondary N) is 1. The Hall–Kier alpha value is -2.04. The van der Waals surface area contributed by atoms with Crippen LogP contribution in [0.25, 0.3) is 0 Å². The maximum absolute atomic E-state index is 13.0. The average molecular weight is 437 g/mol. The molecule has 2 heterocycles. The van der Waals surface area contributed by atoms with Crippen LogP contribution in [0.2, 0.25) is 5.02 Å². The first-order valence-corrected chi connectivity index (χ1v) is 10.1. The van der Waals surface area contributed by atoms with Gasteiger partial charge in [0.25, 0.3) is 0 Å². The van der Waals surface area contributed by atoms with Crippen LogP contribution < -0.4 is 5.32 Å². The van der Waals surface area contributed by atoms with Gasteiger partial charge in [-0.2, -0.15) is 17.5 Å². The van der Waals surface area contributed by atoms with E-state index in [2.05, 4.69) is 5.32 Å². The summed E-state index contributed by atoms with van der Waals surface area (Å²) in [5.41, 5.74) is -1.13. The van der Waals surface area contributed by atoms with Gasteiger partial charge in [0.1, 0.15) is 16.7 Å². The van der Waals surface area contributed by atoms with E-state index in [9.17, 15) is 26.4 Å². The Bertz CT molecular complexity index is 961. The summed E-state index contributed by atoms with van der Waals surface area (Å²) in [6, 6.07) is 4.34. The molecule has 11 heteroatoms. The zero-order chi connectivity index (χ0) is 20.5. The fraction of sp³-hybridized carbons (Fsp3) is 0.353. The van der Waals surface area contributed by atoms with E-state index in [1.807, 2.05) is 0 Å². The normalized spacial score (nSPS) is 18.4. The highest BCUT2D eigenvalue weighted by Gasteiger charge is 2.41. The van der Waals surface area contributed by atoms with Gasteiger partial charge >= 0.3 is 6.18 Å². The molecule has 6 nitrogen and oxygen atoms in total. The zero-order valence-electron chi connectivity index (χ0n) is 14.4. The van der Waals surface area contributed by atoms with Crippen LogP contribution >= 0.6 is 11.6 Å². The molecule has 0 aliphatic carbocycles. The van der Waals surface area contributed by atoms with Gasteiger partial charge in [-0.15, -0.1) is 0 Å². The quantitative estimate of drug-likeness (QED) is 0.778. The summed E-state index contributed by atoms with van der Waals surface area (Å²) < 4.78 is 70.9. The Morgan fingerprint density at radius 1 is 1.32 bits per heavy atom. The molecule has 0 radical (unpaired) electrons. The Balaban J connectivity index is 1.85. The van der Waals surface area contributed by atoms with Crippen LogP contribution in [-0.2, 0) is 27.5 Å². The van der Waals surface area contributed by atoms with Crippen molar-refractivity contribution in [3.05, 3.63) is 52.9 Å². The molecule has 28 heavy (non-hydrogen) atoms. The van der Waals surface area contributed by atoms with E-state index >= 15 is 0 Å². The third-order valence-electron chi connectivity index (χ3n) is 4.37. The Morgan fingerprint density at radius 3 is 2.71 bits per heavy atom. The van der Waals surface area contributed by atoms with Crippen LogP contribution in [0.1, 0.15) is 24.2 Å². The molecule has 152 valence electrons. The van der Waals surface area contributed by atoms with Crippen molar-refractivity contribution >= 4 is 27.5 Å². The number of carbonyl (C=O) groups excluding carboxylic acids is 1. The van der Waals surface area contributed by atoms with Crippen molar-refractivity contribution in [3.63, 3.8) is 0 Å². The molecule has 0 unspecified atom stereocenters. The molecular weight excluding hydrogens is 421 g/mol. The maximum atomic E-state index is 13.0. The van der Waals surface area contributed by atoms with Crippen molar-refractivity contribution < 1.29 is 30.8 Å². The van der Waals surface area contributed by atoms with Crippen LogP contribution in [0.3, 0.4) is 0 Å². The largest absolute Gasteiger partial charge is 0.467 e. The van der Waals surface area contributed by atoms with Gasteiger partial charge < -0.3 is 9.73 Å². The number of benzene rings is 1. The average Bonchev–Trinajstić information content (AvgIpc) is 3.30. The van der Waals surface area contributed by atoms with Gasteiger partial charge in [0.15, 0.2) is 0 Å². The maximum Gasteiger partial charge on any atom is 0.416 e. The SMILES string of the molecule is O=C(NCc1ccco1)[C@H]1CCCN1S(=O)(=O)c1cc(C(F)(F)F)ccc1Cl. The summed E-state index contributed by atoms with van der Waals surface area (Å²) in [6.45, 7) is 0.0777. The topological polar surface area (TPSA) is 79.6 Å². The molecule has 1 fully saturated rings. The summed E-state index contributed by atoms with van der Waals surface area (Å²) in [6.07, 6.45) is -2.64. The van der Waals surface area contributed by atoms with Crippen LogP contribution in [0.15, 0.2) is 45.9 Å². The first-order valence-electron chi connectivity index (χ1n) is 8.29. The van der Waals surface area contributed by atoms with Gasteiger partial charge in [-0.05, 0) is 43.2 Å². The van der Waals surface area contributed by atoms with Crippen molar-refractivity contribution in [2.24, 2.45) is 0 Å². The number of hydrogen-bond donors (Lipinski definition) is 1. The minimum atomic E-state index is -4.72. The van der Waals surface area contributed by atoms with E-state index in [0.717, 1.165) is 10.4 Å². The van der Waals surface area contributed by atoms with Gasteiger partial charge in [-0.25, -0.2) is 8.42 Å². The molecular formula is C17H16ClF3N2O4S. The van der Waals surface area contributed by atoms with Gasteiger partial charge in [0.05, 0.1) is 23.4 Å². The van der Waals surface area contributed by atoms with Crippen molar-refractivity contribution in [1.82, 2.24) is 9.62 Å². The number of halogens is 4. The Kier molecular flexibility index (Phi) is 5.74. The van der Waals surface area contributed by atoms with E-state index in [0.29, 0.717) is 24.3 Å². The van der Waals surface area contributed by atoms with Crippen LogP contribution in [-0.4, -0.2) is 31.2 Å². The van der Waals surface area contributed by atoms with E-state index in [4.69, 9.17) is 16.0 Å². The number of furan rings is 1. The summed E-state index contributed by atoms with van der Waals surface area (Å²) in [5, 5.41) is 2.24. The third-order valence-corrected chi connectivity index (χ3v) is 6.76. The van der Waals surface area contributed by atoms with Crippen LogP contribution in [0, 0.1) is 0 Å². The van der Waals surface area contributed by atoms with Gasteiger partial charge in [0, 0.05) is 6.54 Å². The highest BCUT2D eigenvalue weighted by atomic mass is 35.5. The van der Waals surface area contributed by atoms with E-state index in [1.54, 1.807) is 12.1 Å². The lowest BCUT2D eigenvalue weighted by Crippen LogP contribution is -2.45. The van der Waals surface area contributed by atoms with Crippen LogP contribution in [0.5, 0.6) is 0 Å². The molecule has 2 aromatic rings. The highest BCUT2D eigenvalue weighted by Crippen LogP contribution is 2.36. The number of nitrogens with zero attached hydrogens (tertiary/aromatic N) is 1. The number of carbonyl (C=O) groups is 1. The van der Waals surface area contributed by atoms with Crippen LogP contribution in [0.4, 0.5) is 13.2 Å². The van der Waals surface area contributed by atoms with Gasteiger partial charge in [-0.3, -0.25) is 4.79 Å². The Labute approximate surface area is 164 Å². The first-order chi connectivity index (χ1) is 13.1. The fourth-order valence-corrected chi connectivity index (χ4v) is 5.16. The predicted molar refractivity (Wildman–Crippen MR) is 93.9 cm³/mol. The molecule has 1 N–H and O–H groups in total. The molecule has 1 aromatic heterocycles. The summed E-state index contributed by atoms with van der Waals surface area (Å²) in [4.78, 5) is 11.8. The van der Waals surface area contributed by atoms with Crippen molar-refractivity contribution in [3.8, 4) is 0 Å². The minimum absolute atomic E-state index is 0.00768. The lowest BCUT2D eigenvalue weighted by molar-refractivity contribution is -0.137. The van der Waals surface area contributed by atoms with Crippen molar-refractivity contribution in [2.45, 2.75) is 36.5 Å². The molecule has 1 atom stereocenters. The standard InChI is InChI=1S/C17H16ClF3N2O4S/c18-13-6-5-11(17(19,20)21)9-15(13)28(25,26)23-7-1-4-14(23)16(24)22-10-12-3-2-8-27-12/h2-3,5-6,8-9,14H,1,4,7,10H2,(H,22,24)/t14-/m1/s1. The minimum Gasteiger partial charge on any atom is -0.467 e. The third kappa shape index (κ3) is 4.18. The van der Waals surface area contributed by atoms with E-state index < -0.39 is 38.6 Å². The van der Waals surface area contributed by atoms with Gasteiger partial charge in [0.2, 0.25) is 15.9 Å². The van der Waals surface area contributed by atoms with E-state index in [-0.39, 0.29) is 24.5 Å². The number of alkyl halides is 3. The Morgan fingerprint density at radius 2 is 2.07 bits per heavy atom. The molecule has 3 rings (SSSR count). The second kappa shape index (κ2) is 7.76. The smallest absolute Gasteiger partial charge is 0.416 e. The lowest BCUT2D eigenvalue weighted by atomic mass is 10.2. The lowest BCUT2D eigenvalue weighted by Gasteiger charge is -2.24. The second-order valence-corrected chi connectivity index (χ2v) is 8.48. The number of rotatable bonds is 5. The van der Waals surface area contributed by atoms with E-state index in [1.165, 1.54) is 6.26 Å².